The number of phenols is 1. The van der Waals surface area contributed by atoms with Crippen molar-refractivity contribution >= 4 is 35.0 Å². The van der Waals surface area contributed by atoms with Crippen LogP contribution in [0.15, 0.2) is 60.0 Å². The molecule has 0 radical (unpaired) electrons. The summed E-state index contributed by atoms with van der Waals surface area (Å²) in [5.74, 6) is -0.117. The van der Waals surface area contributed by atoms with Gasteiger partial charge in [-0.05, 0) is 60.7 Å². The predicted octanol–water partition coefficient (Wildman–Crippen LogP) is 3.62. The van der Waals surface area contributed by atoms with Crippen molar-refractivity contribution < 1.29 is 19.1 Å². The maximum absolute atomic E-state index is 13.1. The van der Waals surface area contributed by atoms with Crippen LogP contribution in [-0.4, -0.2) is 49.6 Å². The molecule has 4 rings (SSSR count). The average Bonchev–Trinajstić information content (AvgIpc) is 3.37. The Kier molecular flexibility index (Phi) is 9.42. The van der Waals surface area contributed by atoms with Crippen molar-refractivity contribution in [1.29, 1.82) is 0 Å². The van der Waals surface area contributed by atoms with Crippen LogP contribution in [0.5, 0.6) is 5.75 Å². The van der Waals surface area contributed by atoms with E-state index in [2.05, 4.69) is 20.9 Å². The number of aromatic hydroxyl groups is 1. The molecule has 34 heavy (non-hydrogen) atoms. The molecule has 2 heterocycles. The molecule has 0 saturated carbocycles. The number of carbonyl (C=O) groups is 2. The summed E-state index contributed by atoms with van der Waals surface area (Å²) in [6.07, 6.45) is 1.32. The van der Waals surface area contributed by atoms with Gasteiger partial charge >= 0.3 is 0 Å². The molecule has 0 aliphatic carbocycles. The molecule has 1 unspecified atom stereocenters. The fourth-order valence-electron chi connectivity index (χ4n) is 3.61. The molecular formula is C25H29FN4O3S. The monoisotopic (exact) mass is 484 g/mol. The van der Waals surface area contributed by atoms with Gasteiger partial charge in [-0.3, -0.25) is 9.59 Å². The van der Waals surface area contributed by atoms with Crippen LogP contribution in [0.1, 0.15) is 22.2 Å². The van der Waals surface area contributed by atoms with Crippen molar-refractivity contribution in [2.24, 2.45) is 0 Å². The Labute approximate surface area is 202 Å². The summed E-state index contributed by atoms with van der Waals surface area (Å²) < 4.78 is 13.1. The van der Waals surface area contributed by atoms with Crippen LogP contribution < -0.4 is 20.9 Å². The number of carbonyl (C=O) groups excluding carboxylic acids is 2. The summed E-state index contributed by atoms with van der Waals surface area (Å²) in [5.41, 5.74) is 2.48. The molecule has 2 amide bonds. The number of piperazine rings is 1. The topological polar surface area (TPSA) is 93.7 Å². The van der Waals surface area contributed by atoms with E-state index >= 15 is 0 Å². The molecule has 1 atom stereocenters. The molecular weight excluding hydrogens is 455 g/mol. The molecule has 0 spiro atoms. The molecule has 1 aliphatic heterocycles. The van der Waals surface area contributed by atoms with Gasteiger partial charge in [0.1, 0.15) is 11.6 Å². The summed E-state index contributed by atoms with van der Waals surface area (Å²) in [6.45, 7) is 5.49. The van der Waals surface area contributed by atoms with Crippen molar-refractivity contribution in [3.8, 4) is 5.75 Å². The Bertz CT molecular complexity index is 1050. The quantitative estimate of drug-likeness (QED) is 0.385. The molecule has 3 aromatic rings. The Morgan fingerprint density at radius 1 is 1.21 bits per heavy atom. The third kappa shape index (κ3) is 7.57. The highest BCUT2D eigenvalue weighted by atomic mass is 32.1. The molecule has 4 N–H and O–H groups in total. The van der Waals surface area contributed by atoms with Crippen LogP contribution in [0.25, 0.3) is 0 Å². The Morgan fingerprint density at radius 2 is 1.94 bits per heavy atom. The largest absolute Gasteiger partial charge is 0.508 e. The number of hydrogen-bond acceptors (Lipinski definition) is 6. The van der Waals surface area contributed by atoms with Gasteiger partial charge < -0.3 is 26.0 Å². The lowest BCUT2D eigenvalue weighted by Gasteiger charge is -2.30. The first-order valence-electron chi connectivity index (χ1n) is 11.0. The fourth-order valence-corrected chi connectivity index (χ4v) is 4.23. The maximum atomic E-state index is 13.1. The first-order valence-corrected chi connectivity index (χ1v) is 11.9. The SMILES string of the molecule is CC(Cc1ccc(O)cc1)NC(=O)c1cccs1.O=CNc1cc(F)ccc1N1CCNCC1. The number of hydrogen-bond donors (Lipinski definition) is 4. The van der Waals surface area contributed by atoms with E-state index in [9.17, 15) is 19.1 Å². The second-order valence-corrected chi connectivity index (χ2v) is 8.83. The Morgan fingerprint density at radius 3 is 2.59 bits per heavy atom. The normalized spacial score (nSPS) is 13.9. The van der Waals surface area contributed by atoms with Crippen LogP contribution >= 0.6 is 11.3 Å². The molecule has 1 aromatic heterocycles. The molecule has 1 saturated heterocycles. The first-order chi connectivity index (χ1) is 16.5. The molecule has 0 bridgehead atoms. The van der Waals surface area contributed by atoms with E-state index in [-0.39, 0.29) is 23.5 Å². The minimum Gasteiger partial charge on any atom is -0.508 e. The number of rotatable bonds is 7. The van der Waals surface area contributed by atoms with E-state index in [0.29, 0.717) is 12.1 Å². The average molecular weight is 485 g/mol. The smallest absolute Gasteiger partial charge is 0.261 e. The number of amides is 2. The zero-order chi connectivity index (χ0) is 24.3. The number of halogens is 1. The van der Waals surface area contributed by atoms with Gasteiger partial charge in [-0.2, -0.15) is 0 Å². The lowest BCUT2D eigenvalue weighted by molar-refractivity contribution is -0.105. The van der Waals surface area contributed by atoms with Crippen LogP contribution in [0.4, 0.5) is 15.8 Å². The second kappa shape index (κ2) is 12.7. The van der Waals surface area contributed by atoms with E-state index in [4.69, 9.17) is 0 Å². The summed E-state index contributed by atoms with van der Waals surface area (Å²) in [7, 11) is 0. The molecule has 1 fully saturated rings. The number of nitrogens with zero attached hydrogens (tertiary/aromatic N) is 1. The van der Waals surface area contributed by atoms with Gasteiger partial charge in [0, 0.05) is 32.2 Å². The molecule has 7 nitrogen and oxygen atoms in total. The Balaban J connectivity index is 0.000000192. The highest BCUT2D eigenvalue weighted by Crippen LogP contribution is 2.26. The molecule has 180 valence electrons. The number of anilines is 2. The summed E-state index contributed by atoms with van der Waals surface area (Å²) in [4.78, 5) is 25.1. The minimum absolute atomic E-state index is 0.0312. The predicted molar refractivity (Wildman–Crippen MR) is 134 cm³/mol. The standard InChI is InChI=1S/C14H15NO2S.C11H14FN3O/c1-10(9-11-4-6-12(16)7-5-11)15-14(17)13-3-2-8-18-13;12-9-1-2-11(10(7-9)14-8-16)15-5-3-13-4-6-15/h2-8,10,16H,9H2,1H3,(H,15,17);1-2,7-8,13H,3-6H2,(H,14,16). The molecule has 2 aromatic carbocycles. The highest BCUT2D eigenvalue weighted by Gasteiger charge is 2.14. The van der Waals surface area contributed by atoms with Crippen molar-refractivity contribution in [2.45, 2.75) is 19.4 Å². The maximum Gasteiger partial charge on any atom is 0.261 e. The lowest BCUT2D eigenvalue weighted by atomic mass is 10.1. The highest BCUT2D eigenvalue weighted by molar-refractivity contribution is 7.12. The first kappa shape index (κ1) is 25.2. The van der Waals surface area contributed by atoms with E-state index < -0.39 is 0 Å². The van der Waals surface area contributed by atoms with Gasteiger partial charge in [-0.25, -0.2) is 4.39 Å². The zero-order valence-electron chi connectivity index (χ0n) is 19.0. The van der Waals surface area contributed by atoms with Gasteiger partial charge in [-0.15, -0.1) is 11.3 Å². The van der Waals surface area contributed by atoms with Gasteiger partial charge in [-0.1, -0.05) is 18.2 Å². The summed E-state index contributed by atoms with van der Waals surface area (Å²) >= 11 is 1.44. The van der Waals surface area contributed by atoms with Crippen LogP contribution in [0, 0.1) is 5.82 Å². The number of benzene rings is 2. The third-order valence-electron chi connectivity index (χ3n) is 5.23. The molecule has 1 aliphatic rings. The minimum atomic E-state index is -0.344. The number of phenolic OH excluding ortho intramolecular Hbond substituents is 1. The fraction of sp³-hybridized carbons (Fsp3) is 0.280. The van der Waals surface area contributed by atoms with Gasteiger partial charge in [0.2, 0.25) is 6.41 Å². The Hall–Kier alpha value is -3.43. The van der Waals surface area contributed by atoms with Crippen molar-refractivity contribution in [3.63, 3.8) is 0 Å². The van der Waals surface area contributed by atoms with Crippen molar-refractivity contribution in [1.82, 2.24) is 10.6 Å². The van der Waals surface area contributed by atoms with Gasteiger partial charge in [0.15, 0.2) is 0 Å². The van der Waals surface area contributed by atoms with E-state index in [1.165, 1.54) is 23.5 Å². The number of thiophene rings is 1. The van der Waals surface area contributed by atoms with Crippen LogP contribution in [-0.2, 0) is 11.2 Å². The van der Waals surface area contributed by atoms with Crippen molar-refractivity contribution in [3.05, 3.63) is 76.2 Å². The third-order valence-corrected chi connectivity index (χ3v) is 6.10. The van der Waals surface area contributed by atoms with E-state index in [0.717, 1.165) is 48.7 Å². The molecule has 9 heteroatoms. The number of nitrogens with one attached hydrogen (secondary N) is 3. The van der Waals surface area contributed by atoms with Gasteiger partial charge in [0.05, 0.1) is 16.3 Å². The lowest BCUT2D eigenvalue weighted by Crippen LogP contribution is -2.43. The van der Waals surface area contributed by atoms with Crippen LogP contribution in [0.2, 0.25) is 0 Å². The van der Waals surface area contributed by atoms with Crippen LogP contribution in [0.3, 0.4) is 0 Å². The summed E-state index contributed by atoms with van der Waals surface area (Å²) in [5, 5.41) is 19.8. The zero-order valence-corrected chi connectivity index (χ0v) is 19.8. The van der Waals surface area contributed by atoms with Crippen molar-refractivity contribution in [2.75, 3.05) is 36.4 Å². The van der Waals surface area contributed by atoms with Gasteiger partial charge in [0.25, 0.3) is 5.91 Å². The second-order valence-electron chi connectivity index (χ2n) is 7.88. The van der Waals surface area contributed by atoms with E-state index in [1.807, 2.05) is 36.6 Å². The van der Waals surface area contributed by atoms with E-state index in [1.54, 1.807) is 18.2 Å². The summed E-state index contributed by atoms with van der Waals surface area (Å²) in [6, 6.07) is 15.2.